The molecule has 2 aliphatic heterocycles. The summed E-state index contributed by atoms with van der Waals surface area (Å²) in [6.07, 6.45) is 0. The molecule has 1 unspecified atom stereocenters. The fourth-order valence-electron chi connectivity index (χ4n) is 3.85. The third kappa shape index (κ3) is 3.08. The summed E-state index contributed by atoms with van der Waals surface area (Å²) in [6.45, 7) is 3.73. The topological polar surface area (TPSA) is 38.5 Å². The van der Waals surface area contributed by atoms with E-state index in [1.165, 1.54) is 11.1 Å². The van der Waals surface area contributed by atoms with E-state index in [4.69, 9.17) is 9.47 Å². The Labute approximate surface area is 148 Å². The molecular weight excluding hydrogens is 314 g/mol. The second-order valence-corrected chi connectivity index (χ2v) is 6.66. The molecule has 25 heavy (non-hydrogen) atoms. The molecule has 0 aromatic heterocycles. The summed E-state index contributed by atoms with van der Waals surface area (Å²) in [7, 11) is 0. The van der Waals surface area contributed by atoms with Crippen LogP contribution in [0, 0.1) is 5.92 Å². The molecule has 2 aliphatic rings. The highest BCUT2D eigenvalue weighted by Gasteiger charge is 2.61. The number of benzene rings is 2. The molecule has 2 fully saturated rings. The lowest BCUT2D eigenvalue weighted by Crippen LogP contribution is -2.35. The highest BCUT2D eigenvalue weighted by atomic mass is 16.5. The molecule has 0 amide bonds. The van der Waals surface area contributed by atoms with Crippen molar-refractivity contribution in [3.63, 3.8) is 0 Å². The number of rotatable bonds is 6. The lowest BCUT2D eigenvalue weighted by Gasteiger charge is -2.28. The molecule has 3 atom stereocenters. The summed E-state index contributed by atoms with van der Waals surface area (Å²) in [6, 6.07) is 20.8. The van der Waals surface area contributed by atoms with E-state index in [1.807, 2.05) is 19.1 Å². The molecule has 4 nitrogen and oxygen atoms in total. The van der Waals surface area contributed by atoms with Crippen molar-refractivity contribution in [1.29, 1.82) is 0 Å². The van der Waals surface area contributed by atoms with E-state index in [0.29, 0.717) is 12.5 Å². The van der Waals surface area contributed by atoms with Crippen molar-refractivity contribution in [2.45, 2.75) is 25.0 Å². The maximum atomic E-state index is 12.5. The second-order valence-electron chi connectivity index (χ2n) is 6.66. The van der Waals surface area contributed by atoms with Crippen LogP contribution in [0.1, 0.15) is 24.1 Å². The van der Waals surface area contributed by atoms with Crippen LogP contribution in [-0.4, -0.2) is 42.8 Å². The highest BCUT2D eigenvalue weighted by Crippen LogP contribution is 2.47. The van der Waals surface area contributed by atoms with E-state index in [1.54, 1.807) is 0 Å². The fraction of sp³-hybridized carbons (Fsp3) is 0.381. The summed E-state index contributed by atoms with van der Waals surface area (Å²) in [5, 5.41) is 0. The number of hydrogen-bond donors (Lipinski definition) is 0. The van der Waals surface area contributed by atoms with E-state index in [-0.39, 0.29) is 24.1 Å². The Morgan fingerprint density at radius 2 is 1.64 bits per heavy atom. The van der Waals surface area contributed by atoms with Crippen molar-refractivity contribution in [3.8, 4) is 0 Å². The molecule has 4 heteroatoms. The third-order valence-electron chi connectivity index (χ3n) is 5.10. The number of ether oxygens (including phenoxy) is 2. The fourth-order valence-corrected chi connectivity index (χ4v) is 3.85. The van der Waals surface area contributed by atoms with Crippen molar-refractivity contribution in [1.82, 2.24) is 4.90 Å². The summed E-state index contributed by atoms with van der Waals surface area (Å²) >= 11 is 0. The average Bonchev–Trinajstić information content (AvgIpc) is 3.30. The van der Waals surface area contributed by atoms with Crippen LogP contribution in [-0.2, 0) is 14.3 Å². The largest absolute Gasteiger partial charge is 0.465 e. The summed E-state index contributed by atoms with van der Waals surface area (Å²) in [5.74, 6) is 0.292. The van der Waals surface area contributed by atoms with Crippen LogP contribution in [0.4, 0.5) is 0 Å². The van der Waals surface area contributed by atoms with Gasteiger partial charge in [-0.05, 0) is 18.1 Å². The minimum absolute atomic E-state index is 0.0578. The first-order valence-corrected chi connectivity index (χ1v) is 8.93. The van der Waals surface area contributed by atoms with Gasteiger partial charge in [0.1, 0.15) is 6.04 Å². The zero-order valence-corrected chi connectivity index (χ0v) is 14.4. The molecule has 0 radical (unpaired) electrons. The van der Waals surface area contributed by atoms with Gasteiger partial charge in [-0.25, -0.2) is 0 Å². The van der Waals surface area contributed by atoms with Crippen LogP contribution in [0.15, 0.2) is 60.7 Å². The molecule has 2 aromatic rings. The number of nitrogens with zero attached hydrogens (tertiary/aromatic N) is 1. The number of esters is 1. The Balaban J connectivity index is 1.69. The normalized spacial score (nSPS) is 25.4. The van der Waals surface area contributed by atoms with E-state index < -0.39 is 0 Å². The third-order valence-corrected chi connectivity index (χ3v) is 5.10. The molecule has 2 heterocycles. The Hall–Kier alpha value is -2.17. The van der Waals surface area contributed by atoms with Gasteiger partial charge in [-0.3, -0.25) is 9.69 Å². The van der Waals surface area contributed by atoms with Gasteiger partial charge in [0.05, 0.1) is 25.9 Å². The zero-order chi connectivity index (χ0) is 17.2. The van der Waals surface area contributed by atoms with Crippen LogP contribution in [0.25, 0.3) is 0 Å². The van der Waals surface area contributed by atoms with Crippen LogP contribution in [0.2, 0.25) is 0 Å². The first-order valence-electron chi connectivity index (χ1n) is 8.93. The van der Waals surface area contributed by atoms with Crippen LogP contribution in [0.5, 0.6) is 0 Å². The Bertz CT molecular complexity index is 675. The molecule has 0 aliphatic carbocycles. The smallest absolute Gasteiger partial charge is 0.325 e. The quantitative estimate of drug-likeness (QED) is 0.600. The maximum Gasteiger partial charge on any atom is 0.325 e. The number of hydrogen-bond acceptors (Lipinski definition) is 4. The summed E-state index contributed by atoms with van der Waals surface area (Å²) in [4.78, 5) is 14.8. The second kappa shape index (κ2) is 6.98. The average molecular weight is 337 g/mol. The van der Waals surface area contributed by atoms with Gasteiger partial charge >= 0.3 is 5.97 Å². The predicted octanol–water partition coefficient (Wildman–Crippen LogP) is 3.04. The van der Waals surface area contributed by atoms with Crippen LogP contribution < -0.4 is 0 Å². The lowest BCUT2D eigenvalue weighted by molar-refractivity contribution is -0.143. The van der Waals surface area contributed by atoms with Gasteiger partial charge in [-0.15, -0.1) is 0 Å². The van der Waals surface area contributed by atoms with Gasteiger partial charge in [-0.2, -0.15) is 0 Å². The van der Waals surface area contributed by atoms with Gasteiger partial charge in [0.25, 0.3) is 0 Å². The molecule has 2 aromatic carbocycles. The highest BCUT2D eigenvalue weighted by molar-refractivity contribution is 5.81. The predicted molar refractivity (Wildman–Crippen MR) is 95.1 cm³/mol. The van der Waals surface area contributed by atoms with E-state index in [9.17, 15) is 4.79 Å². The molecule has 130 valence electrons. The SMILES string of the molecule is CCOC(=O)[C@H]1[C@H](C2COC2)N1C(c1ccccc1)c1ccccc1. The van der Waals surface area contributed by atoms with E-state index in [2.05, 4.69) is 53.4 Å². The number of carbonyl (C=O) groups is 1. The molecule has 4 rings (SSSR count). The van der Waals surface area contributed by atoms with Crippen molar-refractivity contribution in [3.05, 3.63) is 71.8 Å². The van der Waals surface area contributed by atoms with E-state index in [0.717, 1.165) is 13.2 Å². The summed E-state index contributed by atoms with van der Waals surface area (Å²) in [5.41, 5.74) is 2.40. The minimum atomic E-state index is -0.181. The van der Waals surface area contributed by atoms with Crippen molar-refractivity contribution >= 4 is 5.97 Å². The van der Waals surface area contributed by atoms with Gasteiger partial charge in [-0.1, -0.05) is 60.7 Å². The first kappa shape index (κ1) is 16.3. The number of carbonyl (C=O) groups excluding carboxylic acids is 1. The van der Waals surface area contributed by atoms with Gasteiger partial charge in [0.15, 0.2) is 0 Å². The molecule has 0 bridgehead atoms. The minimum Gasteiger partial charge on any atom is -0.465 e. The maximum absolute atomic E-state index is 12.5. The Morgan fingerprint density at radius 1 is 1.08 bits per heavy atom. The van der Waals surface area contributed by atoms with E-state index >= 15 is 0 Å². The van der Waals surface area contributed by atoms with Crippen molar-refractivity contribution in [2.75, 3.05) is 19.8 Å². The lowest BCUT2D eigenvalue weighted by atomic mass is 9.97. The monoisotopic (exact) mass is 337 g/mol. The molecule has 0 spiro atoms. The Kier molecular flexibility index (Phi) is 4.55. The van der Waals surface area contributed by atoms with Gasteiger partial charge in [0.2, 0.25) is 0 Å². The van der Waals surface area contributed by atoms with Crippen molar-refractivity contribution < 1.29 is 14.3 Å². The standard InChI is InChI=1S/C21H23NO3/c1-2-25-21(23)20-19(17-13-24-14-17)22(20)18(15-9-5-3-6-10-15)16-11-7-4-8-12-16/h3-12,17-20H,2,13-14H2,1H3/t19-,20+,22?/m0/s1. The molecule has 2 saturated heterocycles. The van der Waals surface area contributed by atoms with Crippen LogP contribution in [0.3, 0.4) is 0 Å². The molecular formula is C21H23NO3. The zero-order valence-electron chi connectivity index (χ0n) is 14.4. The summed E-state index contributed by atoms with van der Waals surface area (Å²) < 4.78 is 10.7. The first-order chi connectivity index (χ1) is 12.3. The van der Waals surface area contributed by atoms with Gasteiger partial charge < -0.3 is 9.47 Å². The molecule has 0 N–H and O–H groups in total. The van der Waals surface area contributed by atoms with Crippen LogP contribution >= 0.6 is 0 Å². The Morgan fingerprint density at radius 3 is 2.08 bits per heavy atom. The molecule has 0 saturated carbocycles. The van der Waals surface area contributed by atoms with Crippen molar-refractivity contribution in [2.24, 2.45) is 5.92 Å². The van der Waals surface area contributed by atoms with Gasteiger partial charge in [0, 0.05) is 12.0 Å².